The first kappa shape index (κ1) is 13.0. The molecule has 5 nitrogen and oxygen atoms in total. The fourth-order valence-electron chi connectivity index (χ4n) is 2.11. The molecule has 20 heavy (non-hydrogen) atoms. The Hall–Kier alpha value is -2.03. The first-order valence-electron chi connectivity index (χ1n) is 6.27. The van der Waals surface area contributed by atoms with Gasteiger partial charge >= 0.3 is 0 Å². The average Bonchev–Trinajstić information content (AvgIpc) is 2.92. The van der Waals surface area contributed by atoms with Crippen LogP contribution in [0.25, 0.3) is 11.5 Å². The van der Waals surface area contributed by atoms with E-state index in [-0.39, 0.29) is 0 Å². The number of aromatic nitrogens is 1. The van der Waals surface area contributed by atoms with Crippen LogP contribution in [0.15, 0.2) is 28.7 Å². The van der Waals surface area contributed by atoms with Gasteiger partial charge in [-0.25, -0.2) is 0 Å². The van der Waals surface area contributed by atoms with Gasteiger partial charge in [0.15, 0.2) is 0 Å². The summed E-state index contributed by atoms with van der Waals surface area (Å²) >= 11 is 5.96. The van der Waals surface area contributed by atoms with Crippen molar-refractivity contribution >= 4 is 17.5 Å². The molecule has 6 heteroatoms. The van der Waals surface area contributed by atoms with Crippen molar-refractivity contribution in [1.82, 2.24) is 4.98 Å². The Balaban J connectivity index is 1.98. The number of hydrogen-bond acceptors (Lipinski definition) is 5. The lowest BCUT2D eigenvalue weighted by molar-refractivity contribution is 0.121. The lowest BCUT2D eigenvalue weighted by Gasteiger charge is -2.25. The first-order valence-corrected chi connectivity index (χ1v) is 6.65. The molecule has 1 saturated heterocycles. The van der Waals surface area contributed by atoms with E-state index in [1.807, 2.05) is 17.0 Å². The molecule has 2 aromatic rings. The van der Waals surface area contributed by atoms with E-state index < -0.39 is 0 Å². The first-order chi connectivity index (χ1) is 9.78. The van der Waals surface area contributed by atoms with Crippen molar-refractivity contribution < 1.29 is 9.15 Å². The van der Waals surface area contributed by atoms with Crippen LogP contribution in [0.4, 0.5) is 5.88 Å². The van der Waals surface area contributed by atoms with Crippen LogP contribution in [0, 0.1) is 11.3 Å². The normalized spacial score (nSPS) is 15.1. The number of nitrogens with zero attached hydrogens (tertiary/aromatic N) is 3. The van der Waals surface area contributed by atoms with Crippen LogP contribution < -0.4 is 4.90 Å². The molecule has 1 aliphatic rings. The third-order valence-corrected chi connectivity index (χ3v) is 3.32. The highest BCUT2D eigenvalue weighted by atomic mass is 35.5. The monoisotopic (exact) mass is 289 g/mol. The van der Waals surface area contributed by atoms with Crippen LogP contribution in [0.2, 0.25) is 5.02 Å². The molecule has 0 unspecified atom stereocenters. The van der Waals surface area contributed by atoms with E-state index in [0.717, 1.165) is 5.56 Å². The molecule has 1 aromatic heterocycles. The van der Waals surface area contributed by atoms with Gasteiger partial charge < -0.3 is 14.1 Å². The number of nitriles is 1. The Kier molecular flexibility index (Phi) is 3.59. The maximum absolute atomic E-state index is 9.21. The lowest BCUT2D eigenvalue weighted by Crippen LogP contribution is -2.36. The van der Waals surface area contributed by atoms with E-state index in [9.17, 15) is 5.26 Å². The Morgan fingerprint density at radius 1 is 1.30 bits per heavy atom. The van der Waals surface area contributed by atoms with E-state index in [4.69, 9.17) is 20.8 Å². The molecular weight excluding hydrogens is 278 g/mol. The van der Waals surface area contributed by atoms with Gasteiger partial charge in [-0.2, -0.15) is 10.2 Å². The highest BCUT2D eigenvalue weighted by Gasteiger charge is 2.22. The van der Waals surface area contributed by atoms with Gasteiger partial charge in [0.25, 0.3) is 0 Å². The van der Waals surface area contributed by atoms with Gasteiger partial charge in [-0.15, -0.1) is 0 Å². The second-order valence-electron chi connectivity index (χ2n) is 4.39. The maximum Gasteiger partial charge on any atom is 0.235 e. The number of rotatable bonds is 2. The third kappa shape index (κ3) is 2.48. The largest absolute Gasteiger partial charge is 0.419 e. The maximum atomic E-state index is 9.21. The number of hydrogen-bond donors (Lipinski definition) is 0. The summed E-state index contributed by atoms with van der Waals surface area (Å²) in [4.78, 5) is 6.22. The Bertz CT molecular complexity index is 657. The van der Waals surface area contributed by atoms with Crippen molar-refractivity contribution in [3.05, 3.63) is 35.0 Å². The van der Waals surface area contributed by atoms with Crippen molar-refractivity contribution in [2.75, 3.05) is 31.2 Å². The highest BCUT2D eigenvalue weighted by Crippen LogP contribution is 2.29. The molecule has 0 N–H and O–H groups in total. The Labute approximate surface area is 121 Å². The average molecular weight is 290 g/mol. The number of benzene rings is 1. The summed E-state index contributed by atoms with van der Waals surface area (Å²) in [7, 11) is 0. The van der Waals surface area contributed by atoms with Crippen LogP contribution in [-0.4, -0.2) is 31.3 Å². The topological polar surface area (TPSA) is 62.3 Å². The Morgan fingerprint density at radius 3 is 2.80 bits per heavy atom. The smallest absolute Gasteiger partial charge is 0.235 e. The van der Waals surface area contributed by atoms with Crippen molar-refractivity contribution in [1.29, 1.82) is 5.26 Å². The summed E-state index contributed by atoms with van der Waals surface area (Å²) in [5.74, 6) is 0.913. The van der Waals surface area contributed by atoms with Gasteiger partial charge in [-0.05, 0) is 18.2 Å². The van der Waals surface area contributed by atoms with Crippen LogP contribution in [0.3, 0.4) is 0 Å². The summed E-state index contributed by atoms with van der Waals surface area (Å²) in [6.45, 7) is 2.63. The molecule has 0 radical (unpaired) electrons. The number of halogens is 1. The minimum absolute atomic E-state index is 0.293. The van der Waals surface area contributed by atoms with E-state index in [1.165, 1.54) is 0 Å². The van der Waals surface area contributed by atoms with Gasteiger partial charge in [0, 0.05) is 23.7 Å². The molecule has 0 bridgehead atoms. The molecule has 1 fully saturated rings. The Morgan fingerprint density at radius 2 is 2.10 bits per heavy atom. The molecule has 0 amide bonds. The summed E-state index contributed by atoms with van der Waals surface area (Å²) in [6, 6.07) is 9.29. The molecule has 1 aromatic carbocycles. The van der Waals surface area contributed by atoms with E-state index in [2.05, 4.69) is 11.1 Å². The molecule has 0 spiro atoms. The van der Waals surface area contributed by atoms with E-state index in [1.54, 1.807) is 12.1 Å². The third-order valence-electron chi connectivity index (χ3n) is 3.09. The fourth-order valence-corrected chi connectivity index (χ4v) is 2.30. The zero-order chi connectivity index (χ0) is 13.9. The number of morpholine rings is 1. The van der Waals surface area contributed by atoms with Gasteiger partial charge in [0.1, 0.15) is 6.07 Å². The van der Waals surface area contributed by atoms with Gasteiger partial charge in [0.2, 0.25) is 17.5 Å². The molecule has 102 valence electrons. The predicted octanol–water partition coefficient (Wildman–Crippen LogP) is 2.70. The lowest BCUT2D eigenvalue weighted by atomic mass is 10.2. The minimum Gasteiger partial charge on any atom is -0.419 e. The highest BCUT2D eigenvalue weighted by molar-refractivity contribution is 6.30. The predicted molar refractivity (Wildman–Crippen MR) is 74.7 cm³/mol. The minimum atomic E-state index is 0.293. The quantitative estimate of drug-likeness (QED) is 0.850. The molecule has 0 atom stereocenters. The van der Waals surface area contributed by atoms with Gasteiger partial charge in [-0.1, -0.05) is 17.7 Å². The second-order valence-corrected chi connectivity index (χ2v) is 4.83. The van der Waals surface area contributed by atoms with Crippen LogP contribution in [0.5, 0.6) is 0 Å². The summed E-state index contributed by atoms with van der Waals surface area (Å²) < 4.78 is 11.1. The summed E-state index contributed by atoms with van der Waals surface area (Å²) in [6.07, 6.45) is 0. The van der Waals surface area contributed by atoms with Crippen molar-refractivity contribution in [2.45, 2.75) is 0 Å². The van der Waals surface area contributed by atoms with Gasteiger partial charge in [-0.3, -0.25) is 0 Å². The van der Waals surface area contributed by atoms with E-state index >= 15 is 0 Å². The SMILES string of the molecule is N#Cc1nc(-c2cccc(Cl)c2)oc1N1CCOCC1. The van der Waals surface area contributed by atoms with Crippen LogP contribution in [0.1, 0.15) is 5.69 Å². The van der Waals surface area contributed by atoms with Crippen LogP contribution in [-0.2, 0) is 4.74 Å². The molecule has 1 aliphatic heterocycles. The van der Waals surface area contributed by atoms with E-state index in [0.29, 0.717) is 48.8 Å². The summed E-state index contributed by atoms with van der Waals surface area (Å²) in [5.41, 5.74) is 1.05. The number of ether oxygens (including phenoxy) is 1. The molecule has 3 rings (SSSR count). The summed E-state index contributed by atoms with van der Waals surface area (Å²) in [5, 5.41) is 9.81. The number of anilines is 1. The zero-order valence-electron chi connectivity index (χ0n) is 10.7. The molecule has 2 heterocycles. The molecule has 0 aliphatic carbocycles. The van der Waals surface area contributed by atoms with Gasteiger partial charge in [0.05, 0.1) is 13.2 Å². The molecular formula is C14H12ClN3O2. The van der Waals surface area contributed by atoms with Crippen molar-refractivity contribution in [3.63, 3.8) is 0 Å². The van der Waals surface area contributed by atoms with Crippen LogP contribution >= 0.6 is 11.6 Å². The molecule has 0 saturated carbocycles. The van der Waals surface area contributed by atoms with Crippen molar-refractivity contribution in [3.8, 4) is 17.5 Å². The number of oxazole rings is 1. The zero-order valence-corrected chi connectivity index (χ0v) is 11.4. The fraction of sp³-hybridized carbons (Fsp3) is 0.286. The standard InChI is InChI=1S/C14H12ClN3O2/c15-11-3-1-2-10(8-11)13-17-12(9-16)14(20-13)18-4-6-19-7-5-18/h1-3,8H,4-7H2. The van der Waals surface area contributed by atoms with Crippen molar-refractivity contribution in [2.24, 2.45) is 0 Å². The second kappa shape index (κ2) is 5.53.